The Hall–Kier alpha value is -5.02. The summed E-state index contributed by atoms with van der Waals surface area (Å²) >= 11 is 0. The highest BCUT2D eigenvalue weighted by molar-refractivity contribution is 6.03. The number of aliphatic hydroxyl groups is 2. The van der Waals surface area contributed by atoms with Crippen LogP contribution >= 0.6 is 0 Å². The molecule has 0 aromatic heterocycles. The number of ether oxygens (including phenoxy) is 2. The number of unbranched alkanes of at least 4 members (excludes halogenated alkanes) is 2. The number of oxime groups is 1. The van der Waals surface area contributed by atoms with Gasteiger partial charge in [-0.2, -0.15) is 5.26 Å². The molecule has 2 aliphatic carbocycles. The summed E-state index contributed by atoms with van der Waals surface area (Å²) < 4.78 is 28.3. The molecule has 6 unspecified atom stereocenters. The second-order valence-electron chi connectivity index (χ2n) is 14.2. The van der Waals surface area contributed by atoms with Crippen LogP contribution < -0.4 is 4.74 Å². The first-order chi connectivity index (χ1) is 26.3. The second kappa shape index (κ2) is 17.4. The van der Waals surface area contributed by atoms with Crippen LogP contribution in [0, 0.1) is 34.9 Å². The van der Waals surface area contributed by atoms with E-state index in [9.17, 15) is 29.8 Å². The van der Waals surface area contributed by atoms with Gasteiger partial charge in [-0.15, -0.1) is 6.58 Å². The van der Waals surface area contributed by atoms with Crippen molar-refractivity contribution in [3.05, 3.63) is 119 Å². The summed E-state index contributed by atoms with van der Waals surface area (Å²) in [5.41, 5.74) is 3.73. The summed E-state index contributed by atoms with van der Waals surface area (Å²) in [6.07, 6.45) is 8.45. The summed E-state index contributed by atoms with van der Waals surface area (Å²) in [6, 6.07) is 18.8. The number of aliphatic hydroxyl groups excluding tert-OH is 2. The molecule has 1 amide bonds. The van der Waals surface area contributed by atoms with Gasteiger partial charge in [-0.25, -0.2) is 4.39 Å². The molecule has 1 heterocycles. The Labute approximate surface area is 315 Å². The lowest BCUT2D eigenvalue weighted by Crippen LogP contribution is -2.70. The van der Waals surface area contributed by atoms with E-state index < -0.39 is 23.6 Å². The van der Waals surface area contributed by atoms with Crippen LogP contribution in [0.5, 0.6) is 11.5 Å². The minimum absolute atomic E-state index is 0.00229. The monoisotopic (exact) mass is 737 g/mol. The van der Waals surface area contributed by atoms with Crippen molar-refractivity contribution in [3.8, 4) is 17.6 Å². The molecule has 3 N–H and O–H groups in total. The Bertz CT molecular complexity index is 1890. The molecule has 1 saturated carbocycles. The third-order valence-electron chi connectivity index (χ3n) is 11.0. The summed E-state index contributed by atoms with van der Waals surface area (Å²) in [5, 5.41) is 44.5. The van der Waals surface area contributed by atoms with Crippen LogP contribution in [0.3, 0.4) is 0 Å². The molecule has 11 heteroatoms. The molecular formula is C43H48FN3O7. The van der Waals surface area contributed by atoms with Crippen LogP contribution in [0.4, 0.5) is 4.39 Å². The average molecular weight is 738 g/mol. The number of phenolic OH excluding ortho intramolecular Hbond substituents is 1. The quantitative estimate of drug-likeness (QED) is 0.0810. The van der Waals surface area contributed by atoms with E-state index in [0.29, 0.717) is 41.0 Å². The lowest BCUT2D eigenvalue weighted by atomic mass is 9.55. The fourth-order valence-corrected chi connectivity index (χ4v) is 8.73. The van der Waals surface area contributed by atoms with Gasteiger partial charge in [0, 0.05) is 43.2 Å². The van der Waals surface area contributed by atoms with Gasteiger partial charge in [0.1, 0.15) is 30.5 Å². The van der Waals surface area contributed by atoms with Crippen molar-refractivity contribution in [2.24, 2.45) is 22.9 Å². The lowest BCUT2D eigenvalue weighted by molar-refractivity contribution is -0.255. The largest absolute Gasteiger partial charge is 0.508 e. The maximum absolute atomic E-state index is 14.9. The Balaban J connectivity index is 1.60. The Morgan fingerprint density at radius 1 is 1.07 bits per heavy atom. The molecule has 284 valence electrons. The van der Waals surface area contributed by atoms with Crippen molar-refractivity contribution in [1.82, 2.24) is 4.90 Å². The van der Waals surface area contributed by atoms with Gasteiger partial charge in [0.05, 0.1) is 29.9 Å². The molecule has 1 aliphatic heterocycles. The molecular weight excluding hydrogens is 689 g/mol. The zero-order chi connectivity index (χ0) is 38.2. The van der Waals surface area contributed by atoms with Gasteiger partial charge in [-0.3, -0.25) is 4.79 Å². The number of aromatic hydroxyl groups is 1. The van der Waals surface area contributed by atoms with Gasteiger partial charge >= 0.3 is 0 Å². The number of phenols is 1. The van der Waals surface area contributed by atoms with Gasteiger partial charge in [-0.1, -0.05) is 42.3 Å². The van der Waals surface area contributed by atoms with Gasteiger partial charge in [0.2, 0.25) is 5.79 Å². The van der Waals surface area contributed by atoms with E-state index in [1.165, 1.54) is 19.2 Å². The Morgan fingerprint density at radius 2 is 1.80 bits per heavy atom. The summed E-state index contributed by atoms with van der Waals surface area (Å²) in [5.74, 6) is -2.44. The molecule has 10 nitrogen and oxygen atoms in total. The van der Waals surface area contributed by atoms with Crippen molar-refractivity contribution in [1.29, 1.82) is 5.26 Å². The molecule has 0 spiro atoms. The van der Waals surface area contributed by atoms with Crippen molar-refractivity contribution in [3.63, 3.8) is 0 Å². The molecule has 3 aromatic carbocycles. The molecule has 3 aliphatic rings. The third-order valence-corrected chi connectivity index (χ3v) is 11.0. The number of nitriles is 1. The van der Waals surface area contributed by atoms with Crippen LogP contribution in [-0.4, -0.2) is 70.6 Å². The Kier molecular flexibility index (Phi) is 12.5. The molecule has 0 saturated heterocycles. The summed E-state index contributed by atoms with van der Waals surface area (Å²) in [4.78, 5) is 22.1. The number of benzene rings is 3. The number of rotatable bonds is 16. The molecule has 6 atom stereocenters. The fraction of sp³-hybridized carbons (Fsp3) is 0.419. The standard InChI is InChI=1S/C43H48FN3O7/c1-3-22-53-43-39(47(27-29-12-16-32(44)17-13-29)42(51)30-14-10-28(26-45)11-15-30)25-37(46-52-2)35-23-31(8-4-6-20-48)34(9-5-7-21-49)40(41(35)43)36-24-33(50)18-19-38(36)54-43/h3,10-19,23-24,31,34,39-41,48-50H,1,4-9,20-22,25,27H2,2H3. The number of carbonyl (C=O) groups excluding carboxylic acids is 1. The fourth-order valence-electron chi connectivity index (χ4n) is 8.73. The highest BCUT2D eigenvalue weighted by atomic mass is 19.1. The molecule has 1 fully saturated rings. The van der Waals surface area contributed by atoms with E-state index in [1.54, 1.807) is 65.6 Å². The van der Waals surface area contributed by atoms with E-state index in [2.05, 4.69) is 23.9 Å². The number of nitrogens with zero attached hydrogens (tertiary/aromatic N) is 3. The SMILES string of the molecule is C=CCOC12Oc3ccc(O)cc3C3C(CCCCO)C(CCCCO)C=C(C(=NOC)CC1N(Cc1ccc(F)cc1)C(=O)c1ccc(C#N)cc1)C32. The Morgan fingerprint density at radius 3 is 2.46 bits per heavy atom. The van der Waals surface area contributed by atoms with Crippen molar-refractivity contribution in [2.75, 3.05) is 26.9 Å². The highest BCUT2D eigenvalue weighted by Gasteiger charge is 2.65. The number of fused-ring (bicyclic) bond motifs is 2. The van der Waals surface area contributed by atoms with Crippen molar-refractivity contribution in [2.45, 2.75) is 69.2 Å². The zero-order valence-electron chi connectivity index (χ0n) is 30.6. The zero-order valence-corrected chi connectivity index (χ0v) is 30.6. The van der Waals surface area contributed by atoms with Crippen LogP contribution in [0.2, 0.25) is 0 Å². The van der Waals surface area contributed by atoms with Crippen LogP contribution in [0.15, 0.2) is 96.2 Å². The van der Waals surface area contributed by atoms with Crippen molar-refractivity contribution >= 4 is 11.6 Å². The molecule has 0 bridgehead atoms. The van der Waals surface area contributed by atoms with E-state index in [0.717, 1.165) is 36.8 Å². The molecule has 6 rings (SSSR count). The van der Waals surface area contributed by atoms with Gasteiger partial charge < -0.3 is 34.5 Å². The van der Waals surface area contributed by atoms with E-state index in [1.807, 2.05) is 0 Å². The summed E-state index contributed by atoms with van der Waals surface area (Å²) in [7, 11) is 1.48. The van der Waals surface area contributed by atoms with E-state index in [-0.39, 0.29) is 62.2 Å². The lowest BCUT2D eigenvalue weighted by Gasteiger charge is -2.60. The van der Waals surface area contributed by atoms with Crippen LogP contribution in [-0.2, 0) is 16.1 Å². The maximum atomic E-state index is 14.9. The number of carbonyl (C=O) groups is 1. The van der Waals surface area contributed by atoms with Crippen LogP contribution in [0.1, 0.15) is 77.9 Å². The number of hydrogen-bond donors (Lipinski definition) is 3. The number of amides is 1. The van der Waals surface area contributed by atoms with Crippen molar-refractivity contribution < 1.29 is 38.8 Å². The maximum Gasteiger partial charge on any atom is 0.254 e. The third kappa shape index (κ3) is 7.78. The number of hydrogen-bond acceptors (Lipinski definition) is 9. The smallest absolute Gasteiger partial charge is 0.254 e. The van der Waals surface area contributed by atoms with Gasteiger partial charge in [-0.05, 0) is 103 Å². The minimum Gasteiger partial charge on any atom is -0.508 e. The van der Waals surface area contributed by atoms with Gasteiger partial charge in [0.25, 0.3) is 5.91 Å². The first-order valence-corrected chi connectivity index (χ1v) is 18.6. The highest BCUT2D eigenvalue weighted by Crippen LogP contribution is 2.62. The predicted molar refractivity (Wildman–Crippen MR) is 201 cm³/mol. The number of halogens is 1. The van der Waals surface area contributed by atoms with E-state index in [4.69, 9.17) is 14.3 Å². The van der Waals surface area contributed by atoms with E-state index >= 15 is 0 Å². The second-order valence-corrected chi connectivity index (χ2v) is 14.2. The van der Waals surface area contributed by atoms with Gasteiger partial charge in [0.15, 0.2) is 0 Å². The molecule has 54 heavy (non-hydrogen) atoms. The topological polar surface area (TPSA) is 145 Å². The summed E-state index contributed by atoms with van der Waals surface area (Å²) in [6.45, 7) is 4.25. The normalized spacial score (nSPS) is 24.7. The minimum atomic E-state index is -1.50. The molecule has 3 aromatic rings. The number of allylic oxidation sites excluding steroid dienone is 1. The predicted octanol–water partition coefficient (Wildman–Crippen LogP) is 7.01. The average Bonchev–Trinajstić information content (AvgIpc) is 3.18. The first kappa shape index (κ1) is 38.7. The van der Waals surface area contributed by atoms with Crippen LogP contribution in [0.25, 0.3) is 0 Å². The first-order valence-electron chi connectivity index (χ1n) is 18.6. The molecule has 0 radical (unpaired) electrons.